The number of hydrogen-bond acceptors (Lipinski definition) is 6. The van der Waals surface area contributed by atoms with Gasteiger partial charge in [-0.2, -0.15) is 4.98 Å². The molecule has 0 saturated heterocycles. The number of benzene rings is 2. The maximum absolute atomic E-state index is 13.6. The highest BCUT2D eigenvalue weighted by molar-refractivity contribution is 5.78. The van der Waals surface area contributed by atoms with E-state index in [9.17, 15) is 9.18 Å². The molecular weight excluding hydrogens is 365 g/mol. The number of carbonyl (C=O) groups excluding carboxylic acids is 1. The Kier molecular flexibility index (Phi) is 6.35. The van der Waals surface area contributed by atoms with Crippen LogP contribution in [0.3, 0.4) is 0 Å². The molecule has 0 fully saturated rings. The Morgan fingerprint density at radius 1 is 1.14 bits per heavy atom. The van der Waals surface area contributed by atoms with Crippen LogP contribution in [0.25, 0.3) is 11.4 Å². The number of para-hydroxylation sites is 2. The molecule has 0 bridgehead atoms. The van der Waals surface area contributed by atoms with Crippen LogP contribution in [0.5, 0.6) is 11.5 Å². The van der Waals surface area contributed by atoms with Crippen LogP contribution in [0.1, 0.15) is 5.89 Å². The summed E-state index contributed by atoms with van der Waals surface area (Å²) >= 11 is 0. The first-order valence-corrected chi connectivity index (χ1v) is 8.47. The minimum atomic E-state index is -0.476. The summed E-state index contributed by atoms with van der Waals surface area (Å²) in [5.74, 6) is 0.221. The molecule has 144 valence electrons. The van der Waals surface area contributed by atoms with Gasteiger partial charge in [0.25, 0.3) is 11.8 Å². The first kappa shape index (κ1) is 19.1. The second kappa shape index (κ2) is 9.31. The Bertz CT molecular complexity index is 958. The number of nitrogens with zero attached hydrogens (tertiary/aromatic N) is 2. The lowest BCUT2D eigenvalue weighted by molar-refractivity contribution is -0.122. The van der Waals surface area contributed by atoms with E-state index in [0.29, 0.717) is 17.9 Å². The van der Waals surface area contributed by atoms with Crippen molar-refractivity contribution in [1.82, 2.24) is 15.5 Å². The number of rotatable bonds is 9. The number of ether oxygens (including phenoxy) is 2. The van der Waals surface area contributed by atoms with E-state index >= 15 is 0 Å². The van der Waals surface area contributed by atoms with Crippen molar-refractivity contribution >= 4 is 5.91 Å². The van der Waals surface area contributed by atoms with Crippen molar-refractivity contribution in [3.05, 3.63) is 72.9 Å². The van der Waals surface area contributed by atoms with Crippen LogP contribution in [-0.4, -0.2) is 29.2 Å². The van der Waals surface area contributed by atoms with Gasteiger partial charge in [0.15, 0.2) is 24.8 Å². The summed E-state index contributed by atoms with van der Waals surface area (Å²) in [6.07, 6.45) is 1.58. The fourth-order valence-electron chi connectivity index (χ4n) is 2.28. The molecule has 1 aromatic heterocycles. The summed E-state index contributed by atoms with van der Waals surface area (Å²) in [7, 11) is 0. The molecule has 0 radical (unpaired) electrons. The molecule has 1 amide bonds. The SMILES string of the molecule is C=CCNC(=O)COc1ccccc1-c1noc(COc2ccccc2F)n1. The Balaban J connectivity index is 1.66. The Morgan fingerprint density at radius 2 is 1.89 bits per heavy atom. The molecule has 1 heterocycles. The molecule has 0 aliphatic rings. The summed E-state index contributed by atoms with van der Waals surface area (Å²) in [4.78, 5) is 15.9. The topological polar surface area (TPSA) is 86.5 Å². The van der Waals surface area contributed by atoms with Gasteiger partial charge in [0.1, 0.15) is 5.75 Å². The third-order valence-corrected chi connectivity index (χ3v) is 3.59. The summed E-state index contributed by atoms with van der Waals surface area (Å²) in [6, 6.07) is 13.0. The standard InChI is InChI=1S/C20H18FN3O4/c1-2-11-22-18(25)12-26-16-9-5-3-7-14(16)20-23-19(28-24-20)13-27-17-10-6-4-8-15(17)21/h2-10H,1,11-13H2,(H,22,25). The van der Waals surface area contributed by atoms with E-state index < -0.39 is 5.82 Å². The van der Waals surface area contributed by atoms with Crippen molar-refractivity contribution in [2.24, 2.45) is 0 Å². The number of carbonyl (C=O) groups is 1. The smallest absolute Gasteiger partial charge is 0.264 e. The predicted molar refractivity (Wildman–Crippen MR) is 99.2 cm³/mol. The lowest BCUT2D eigenvalue weighted by Crippen LogP contribution is -2.28. The molecule has 0 spiro atoms. The van der Waals surface area contributed by atoms with Gasteiger partial charge in [0, 0.05) is 6.54 Å². The molecule has 7 nitrogen and oxygen atoms in total. The minimum Gasteiger partial charge on any atom is -0.483 e. The molecule has 3 aromatic rings. The van der Waals surface area contributed by atoms with Gasteiger partial charge in [0.2, 0.25) is 5.82 Å². The van der Waals surface area contributed by atoms with Crippen molar-refractivity contribution in [2.45, 2.75) is 6.61 Å². The van der Waals surface area contributed by atoms with Gasteiger partial charge in [-0.05, 0) is 24.3 Å². The number of nitrogens with one attached hydrogen (secondary N) is 1. The fraction of sp³-hybridized carbons (Fsp3) is 0.150. The van der Waals surface area contributed by atoms with Crippen LogP contribution in [0.4, 0.5) is 4.39 Å². The van der Waals surface area contributed by atoms with Gasteiger partial charge in [-0.1, -0.05) is 35.5 Å². The third kappa shape index (κ3) is 4.94. The van der Waals surface area contributed by atoms with E-state index in [1.54, 1.807) is 42.5 Å². The number of hydrogen-bond donors (Lipinski definition) is 1. The van der Waals surface area contributed by atoms with E-state index in [4.69, 9.17) is 14.0 Å². The first-order valence-electron chi connectivity index (χ1n) is 8.47. The maximum Gasteiger partial charge on any atom is 0.264 e. The van der Waals surface area contributed by atoms with Gasteiger partial charge < -0.3 is 19.3 Å². The molecule has 0 aliphatic carbocycles. The molecular formula is C20H18FN3O4. The molecule has 8 heteroatoms. The average Bonchev–Trinajstić information content (AvgIpc) is 3.19. The Morgan fingerprint density at radius 3 is 2.68 bits per heavy atom. The zero-order chi connectivity index (χ0) is 19.8. The van der Waals surface area contributed by atoms with Gasteiger partial charge in [0.05, 0.1) is 5.56 Å². The zero-order valence-corrected chi connectivity index (χ0v) is 14.9. The number of amides is 1. The lowest BCUT2D eigenvalue weighted by atomic mass is 10.2. The first-order chi connectivity index (χ1) is 13.7. The second-order valence-electron chi connectivity index (χ2n) is 5.61. The van der Waals surface area contributed by atoms with Crippen LogP contribution in [0, 0.1) is 5.82 Å². The zero-order valence-electron chi connectivity index (χ0n) is 14.9. The van der Waals surface area contributed by atoms with Crippen LogP contribution >= 0.6 is 0 Å². The quantitative estimate of drug-likeness (QED) is 0.572. The van der Waals surface area contributed by atoms with Gasteiger partial charge >= 0.3 is 0 Å². The molecule has 28 heavy (non-hydrogen) atoms. The van der Waals surface area contributed by atoms with E-state index in [1.165, 1.54) is 12.1 Å². The van der Waals surface area contributed by atoms with Crippen LogP contribution in [0.2, 0.25) is 0 Å². The molecule has 0 unspecified atom stereocenters. The van der Waals surface area contributed by atoms with Gasteiger partial charge in [-0.15, -0.1) is 6.58 Å². The maximum atomic E-state index is 13.6. The Labute approximate surface area is 160 Å². The summed E-state index contributed by atoms with van der Waals surface area (Å²) in [5, 5.41) is 6.53. The monoisotopic (exact) mass is 383 g/mol. The van der Waals surface area contributed by atoms with Crippen molar-refractivity contribution in [2.75, 3.05) is 13.2 Å². The van der Waals surface area contributed by atoms with Crippen LogP contribution in [0.15, 0.2) is 65.7 Å². The second-order valence-corrected chi connectivity index (χ2v) is 5.61. The largest absolute Gasteiger partial charge is 0.483 e. The molecule has 0 atom stereocenters. The average molecular weight is 383 g/mol. The van der Waals surface area contributed by atoms with Gasteiger partial charge in [-0.25, -0.2) is 4.39 Å². The van der Waals surface area contributed by atoms with E-state index in [1.807, 2.05) is 0 Å². The Hall–Kier alpha value is -3.68. The van der Waals surface area contributed by atoms with Crippen LogP contribution < -0.4 is 14.8 Å². The van der Waals surface area contributed by atoms with Crippen LogP contribution in [-0.2, 0) is 11.4 Å². The summed E-state index contributed by atoms with van der Waals surface area (Å²) in [5.41, 5.74) is 0.555. The highest BCUT2D eigenvalue weighted by Crippen LogP contribution is 2.27. The van der Waals surface area contributed by atoms with Gasteiger partial charge in [-0.3, -0.25) is 4.79 Å². The molecule has 2 aromatic carbocycles. The number of aromatic nitrogens is 2. The van der Waals surface area contributed by atoms with Crippen molar-refractivity contribution < 1.29 is 23.2 Å². The molecule has 1 N–H and O–H groups in total. The highest BCUT2D eigenvalue weighted by atomic mass is 19.1. The lowest BCUT2D eigenvalue weighted by Gasteiger charge is -2.09. The summed E-state index contributed by atoms with van der Waals surface area (Å²) in [6.45, 7) is 3.65. The van der Waals surface area contributed by atoms with Crippen molar-refractivity contribution in [3.63, 3.8) is 0 Å². The molecule has 3 rings (SSSR count). The van der Waals surface area contributed by atoms with Crippen molar-refractivity contribution in [1.29, 1.82) is 0 Å². The third-order valence-electron chi connectivity index (χ3n) is 3.59. The van der Waals surface area contributed by atoms with Crippen molar-refractivity contribution in [3.8, 4) is 22.9 Å². The number of halogens is 1. The highest BCUT2D eigenvalue weighted by Gasteiger charge is 2.15. The van der Waals surface area contributed by atoms with E-state index in [-0.39, 0.29) is 36.6 Å². The predicted octanol–water partition coefficient (Wildman–Crippen LogP) is 3.14. The fourth-order valence-corrected chi connectivity index (χ4v) is 2.28. The normalized spacial score (nSPS) is 10.3. The summed E-state index contributed by atoms with van der Waals surface area (Å²) < 4.78 is 29.7. The van der Waals surface area contributed by atoms with E-state index in [2.05, 4.69) is 22.0 Å². The molecule has 0 aliphatic heterocycles. The minimum absolute atomic E-state index is 0.0824. The molecule has 0 saturated carbocycles. The van der Waals surface area contributed by atoms with E-state index in [0.717, 1.165) is 0 Å².